The monoisotopic (exact) mass is 428 g/mol. The largest absolute Gasteiger partial charge is 0.453 e. The van der Waals surface area contributed by atoms with Gasteiger partial charge in [0.2, 0.25) is 0 Å². The average molecular weight is 429 g/mol. The number of esters is 1. The molecule has 0 aromatic rings. The van der Waals surface area contributed by atoms with Crippen LogP contribution in [0, 0.1) is 5.92 Å². The summed E-state index contributed by atoms with van der Waals surface area (Å²) in [6.45, 7) is 3.47. The zero-order valence-corrected chi connectivity index (χ0v) is 17.7. The Balaban J connectivity index is 2.50. The van der Waals surface area contributed by atoms with Crippen LogP contribution in [0.5, 0.6) is 0 Å². The van der Waals surface area contributed by atoms with E-state index in [-0.39, 0.29) is 13.0 Å². The van der Waals surface area contributed by atoms with Crippen molar-refractivity contribution in [1.29, 1.82) is 0 Å². The summed E-state index contributed by atoms with van der Waals surface area (Å²) >= 11 is 0. The van der Waals surface area contributed by atoms with Crippen molar-refractivity contribution in [3.63, 3.8) is 0 Å². The van der Waals surface area contributed by atoms with Crippen molar-refractivity contribution in [2.24, 2.45) is 5.92 Å². The van der Waals surface area contributed by atoms with Gasteiger partial charge < -0.3 is 14.2 Å². The Morgan fingerprint density at radius 2 is 1.76 bits per heavy atom. The summed E-state index contributed by atoms with van der Waals surface area (Å²) in [5.74, 6) is -7.84. The maximum atomic E-state index is 14.4. The average Bonchev–Trinajstić information content (AvgIpc) is 2.63. The number of unbranched alkanes of at least 4 members (excludes halogenated alkanes) is 4. The number of hydrogen-bond acceptors (Lipinski definition) is 4. The van der Waals surface area contributed by atoms with E-state index in [1.807, 2.05) is 0 Å². The van der Waals surface area contributed by atoms with E-state index >= 15 is 0 Å². The number of halogens is 4. The van der Waals surface area contributed by atoms with E-state index in [0.717, 1.165) is 38.5 Å². The summed E-state index contributed by atoms with van der Waals surface area (Å²) in [6, 6.07) is 0. The van der Waals surface area contributed by atoms with Crippen LogP contribution < -0.4 is 0 Å². The van der Waals surface area contributed by atoms with E-state index in [1.165, 1.54) is 0 Å². The molecular formula is C21H36F4O4. The third-order valence-electron chi connectivity index (χ3n) is 5.06. The maximum Gasteiger partial charge on any atom is 0.306 e. The Bertz CT molecular complexity index is 448. The normalized spacial score (nSPS) is 17.3. The molecule has 0 radical (unpaired) electrons. The van der Waals surface area contributed by atoms with Crippen LogP contribution in [-0.4, -0.2) is 50.3 Å². The predicted octanol–water partition coefficient (Wildman–Crippen LogP) is 5.77. The van der Waals surface area contributed by atoms with Gasteiger partial charge in [0, 0.05) is 26.2 Å². The van der Waals surface area contributed by atoms with E-state index in [1.54, 1.807) is 0 Å². The number of alkyl halides is 4. The Kier molecular flexibility index (Phi) is 12.1. The molecule has 1 heterocycles. The van der Waals surface area contributed by atoms with Crippen LogP contribution in [0.15, 0.2) is 0 Å². The Morgan fingerprint density at radius 1 is 1.10 bits per heavy atom. The molecule has 0 N–H and O–H groups in total. The molecule has 0 aromatic carbocycles. The van der Waals surface area contributed by atoms with Gasteiger partial charge in [0.25, 0.3) is 11.8 Å². The molecule has 1 unspecified atom stereocenters. The minimum absolute atomic E-state index is 0.000879. The SMILES string of the molecule is CCCCCCCC(=O)OC(COCCC1CCOCC1)C(F)(F)CC(C)(F)F. The molecule has 29 heavy (non-hydrogen) atoms. The van der Waals surface area contributed by atoms with Crippen molar-refractivity contribution in [2.45, 2.75) is 96.0 Å². The quantitative estimate of drug-likeness (QED) is 0.189. The standard InChI is InChI=1S/C21H36F4O4/c1-3-4-5-6-7-8-19(26)29-18(21(24,25)16-20(2,22)23)15-28-14-11-17-9-12-27-13-10-17/h17-18H,3-16H2,1-2H3. The number of hydrogen-bond donors (Lipinski definition) is 0. The second-order valence-corrected chi connectivity index (χ2v) is 8.07. The highest BCUT2D eigenvalue weighted by Crippen LogP contribution is 2.34. The first kappa shape index (κ1) is 26.1. The lowest BCUT2D eigenvalue weighted by Gasteiger charge is -2.29. The van der Waals surface area contributed by atoms with Gasteiger partial charge in [-0.3, -0.25) is 4.79 Å². The fourth-order valence-corrected chi connectivity index (χ4v) is 3.34. The first-order valence-corrected chi connectivity index (χ1v) is 10.7. The van der Waals surface area contributed by atoms with Crippen molar-refractivity contribution < 1.29 is 36.6 Å². The molecule has 1 rings (SSSR count). The van der Waals surface area contributed by atoms with Crippen LogP contribution in [0.2, 0.25) is 0 Å². The van der Waals surface area contributed by atoms with E-state index in [9.17, 15) is 22.4 Å². The van der Waals surface area contributed by atoms with Gasteiger partial charge in [-0.05, 0) is 38.5 Å². The van der Waals surface area contributed by atoms with Crippen molar-refractivity contribution >= 4 is 5.97 Å². The van der Waals surface area contributed by atoms with Gasteiger partial charge in [-0.2, -0.15) is 0 Å². The topological polar surface area (TPSA) is 44.8 Å². The Labute approximate surface area is 171 Å². The van der Waals surface area contributed by atoms with Crippen molar-refractivity contribution in [1.82, 2.24) is 0 Å². The molecule has 172 valence electrons. The lowest BCUT2D eigenvalue weighted by molar-refractivity contribution is -0.201. The fourth-order valence-electron chi connectivity index (χ4n) is 3.34. The molecule has 0 aromatic heterocycles. The molecule has 4 nitrogen and oxygen atoms in total. The molecule has 1 fully saturated rings. The highest BCUT2D eigenvalue weighted by Gasteiger charge is 2.48. The predicted molar refractivity (Wildman–Crippen MR) is 102 cm³/mol. The molecule has 0 amide bonds. The molecule has 1 aliphatic heterocycles. The molecule has 1 saturated heterocycles. The van der Waals surface area contributed by atoms with Crippen LogP contribution >= 0.6 is 0 Å². The first-order valence-electron chi connectivity index (χ1n) is 10.7. The number of ether oxygens (including phenoxy) is 3. The van der Waals surface area contributed by atoms with Gasteiger partial charge in [-0.1, -0.05) is 32.6 Å². The summed E-state index contributed by atoms with van der Waals surface area (Å²) in [6.07, 6.45) is 3.15. The van der Waals surface area contributed by atoms with E-state index < -0.39 is 36.9 Å². The van der Waals surface area contributed by atoms with Crippen LogP contribution in [-0.2, 0) is 19.0 Å². The van der Waals surface area contributed by atoms with Gasteiger partial charge in [0.1, 0.15) is 0 Å². The highest BCUT2D eigenvalue weighted by atomic mass is 19.3. The zero-order valence-electron chi connectivity index (χ0n) is 17.7. The summed E-state index contributed by atoms with van der Waals surface area (Å²) < 4.78 is 70.6. The van der Waals surface area contributed by atoms with E-state index in [2.05, 4.69) is 6.92 Å². The number of carbonyl (C=O) groups is 1. The number of rotatable bonds is 15. The molecule has 1 aliphatic rings. The third kappa shape index (κ3) is 12.4. The van der Waals surface area contributed by atoms with Crippen LogP contribution in [0.3, 0.4) is 0 Å². The molecule has 0 saturated carbocycles. The summed E-state index contributed by atoms with van der Waals surface area (Å²) in [5.41, 5.74) is 0. The summed E-state index contributed by atoms with van der Waals surface area (Å²) in [7, 11) is 0. The highest BCUT2D eigenvalue weighted by molar-refractivity contribution is 5.69. The minimum atomic E-state index is -3.87. The minimum Gasteiger partial charge on any atom is -0.453 e. The van der Waals surface area contributed by atoms with Gasteiger partial charge in [0.15, 0.2) is 6.10 Å². The smallest absolute Gasteiger partial charge is 0.306 e. The summed E-state index contributed by atoms with van der Waals surface area (Å²) in [5, 5.41) is 0. The van der Waals surface area contributed by atoms with Gasteiger partial charge in [-0.25, -0.2) is 17.6 Å². The fraction of sp³-hybridized carbons (Fsp3) is 0.952. The lowest BCUT2D eigenvalue weighted by Crippen LogP contribution is -2.44. The molecule has 0 spiro atoms. The second kappa shape index (κ2) is 13.4. The maximum absolute atomic E-state index is 14.4. The van der Waals surface area contributed by atoms with Crippen molar-refractivity contribution in [3.05, 3.63) is 0 Å². The van der Waals surface area contributed by atoms with Gasteiger partial charge in [0.05, 0.1) is 13.0 Å². The van der Waals surface area contributed by atoms with Crippen molar-refractivity contribution in [3.8, 4) is 0 Å². The third-order valence-corrected chi connectivity index (χ3v) is 5.06. The number of carbonyl (C=O) groups excluding carboxylic acids is 1. The zero-order chi connectivity index (χ0) is 21.8. The van der Waals surface area contributed by atoms with Crippen molar-refractivity contribution in [2.75, 3.05) is 26.4 Å². The van der Waals surface area contributed by atoms with Gasteiger partial charge in [-0.15, -0.1) is 0 Å². The molecular weight excluding hydrogens is 392 g/mol. The molecule has 0 bridgehead atoms. The molecule has 8 heteroatoms. The lowest BCUT2D eigenvalue weighted by atomic mass is 9.97. The van der Waals surface area contributed by atoms with Crippen LogP contribution in [0.1, 0.15) is 78.1 Å². The van der Waals surface area contributed by atoms with Crippen LogP contribution in [0.4, 0.5) is 17.6 Å². The molecule has 0 aliphatic carbocycles. The first-order chi connectivity index (χ1) is 13.6. The van der Waals surface area contributed by atoms with E-state index in [0.29, 0.717) is 38.9 Å². The van der Waals surface area contributed by atoms with Gasteiger partial charge >= 0.3 is 5.97 Å². The second-order valence-electron chi connectivity index (χ2n) is 8.07. The Morgan fingerprint density at radius 3 is 2.38 bits per heavy atom. The van der Waals surface area contributed by atoms with E-state index in [4.69, 9.17) is 14.2 Å². The van der Waals surface area contributed by atoms with Crippen LogP contribution in [0.25, 0.3) is 0 Å². The molecule has 1 atom stereocenters. The summed E-state index contributed by atoms with van der Waals surface area (Å²) in [4.78, 5) is 12.0. The Hall–Kier alpha value is -0.890.